The summed E-state index contributed by atoms with van der Waals surface area (Å²) in [6, 6.07) is 9.15. The number of nitrogen functional groups attached to an aromatic ring is 1. The van der Waals surface area contributed by atoms with Gasteiger partial charge in [0.25, 0.3) is 0 Å². The van der Waals surface area contributed by atoms with Crippen LogP contribution < -0.4 is 5.73 Å². The summed E-state index contributed by atoms with van der Waals surface area (Å²) in [6.45, 7) is 0. The lowest BCUT2D eigenvalue weighted by atomic mass is 10.2. The minimum atomic E-state index is -1.06. The molecule has 0 unspecified atom stereocenters. The molecule has 0 radical (unpaired) electrons. The zero-order valence-electron chi connectivity index (χ0n) is 10.4. The molecule has 0 aliphatic rings. The molecule has 2 N–H and O–H groups in total. The fourth-order valence-electron chi connectivity index (χ4n) is 2.15. The topological polar surface area (TPSA) is 67.6 Å². The van der Waals surface area contributed by atoms with Gasteiger partial charge in [0.05, 0.1) is 16.8 Å². The quantitative estimate of drug-likeness (QED) is 0.731. The number of benzene rings is 2. The third-order valence-corrected chi connectivity index (χ3v) is 3.55. The largest absolute Gasteiger partial charge is 0.369 e. The minimum Gasteiger partial charge on any atom is -0.369 e. The van der Waals surface area contributed by atoms with Crippen LogP contribution in [-0.2, 0) is 0 Å². The predicted octanol–water partition coefficient (Wildman–Crippen LogP) is 3.52. The average molecular weight is 349 g/mol. The van der Waals surface area contributed by atoms with Crippen molar-refractivity contribution in [3.8, 4) is 11.8 Å². The number of rotatable bonds is 1. The monoisotopic (exact) mass is 348 g/mol. The number of nitriles is 1. The summed E-state index contributed by atoms with van der Waals surface area (Å²) in [5.41, 5.74) is 6.54. The Morgan fingerprint density at radius 2 is 2.00 bits per heavy atom. The van der Waals surface area contributed by atoms with Crippen LogP contribution in [0.5, 0.6) is 0 Å². The van der Waals surface area contributed by atoms with E-state index in [0.717, 1.165) is 6.07 Å². The fraction of sp³-hybridized carbons (Fsp3) is 0. The molecule has 2 aromatic carbocycles. The highest BCUT2D eigenvalue weighted by atomic mass is 79.9. The first-order chi connectivity index (χ1) is 10.0. The van der Waals surface area contributed by atoms with Gasteiger partial charge in [-0.1, -0.05) is 15.9 Å². The Morgan fingerprint density at radius 1 is 1.24 bits per heavy atom. The third kappa shape index (κ3) is 2.04. The van der Waals surface area contributed by atoms with Gasteiger partial charge in [-0.2, -0.15) is 5.26 Å². The van der Waals surface area contributed by atoms with E-state index in [1.54, 1.807) is 18.2 Å². The van der Waals surface area contributed by atoms with Crippen LogP contribution in [0.2, 0.25) is 0 Å². The van der Waals surface area contributed by atoms with Gasteiger partial charge in [0.2, 0.25) is 5.95 Å². The van der Waals surface area contributed by atoms with Gasteiger partial charge in [0, 0.05) is 4.47 Å². The maximum absolute atomic E-state index is 14.1. The van der Waals surface area contributed by atoms with Crippen molar-refractivity contribution in [2.24, 2.45) is 0 Å². The van der Waals surface area contributed by atoms with Crippen LogP contribution in [0.1, 0.15) is 5.56 Å². The van der Waals surface area contributed by atoms with E-state index in [1.807, 2.05) is 6.07 Å². The zero-order valence-corrected chi connectivity index (χ0v) is 12.0. The van der Waals surface area contributed by atoms with E-state index in [2.05, 4.69) is 20.9 Å². The Bertz CT molecular complexity index is 911. The highest BCUT2D eigenvalue weighted by Gasteiger charge is 2.19. The van der Waals surface area contributed by atoms with Crippen molar-refractivity contribution in [2.45, 2.75) is 0 Å². The molecule has 0 amide bonds. The molecule has 0 spiro atoms. The highest BCUT2D eigenvalue weighted by Crippen LogP contribution is 2.29. The van der Waals surface area contributed by atoms with Gasteiger partial charge < -0.3 is 5.73 Å². The molecule has 0 atom stereocenters. The molecule has 0 saturated heterocycles. The van der Waals surface area contributed by atoms with E-state index < -0.39 is 11.6 Å². The number of hydrogen-bond acceptors (Lipinski definition) is 3. The number of nitrogens with zero attached hydrogens (tertiary/aromatic N) is 3. The van der Waals surface area contributed by atoms with Crippen molar-refractivity contribution in [2.75, 3.05) is 5.73 Å². The molecule has 21 heavy (non-hydrogen) atoms. The summed E-state index contributed by atoms with van der Waals surface area (Å²) >= 11 is 3.28. The maximum Gasteiger partial charge on any atom is 0.206 e. The minimum absolute atomic E-state index is 0.0240. The van der Waals surface area contributed by atoms with Crippen LogP contribution in [0.3, 0.4) is 0 Å². The van der Waals surface area contributed by atoms with E-state index in [1.165, 1.54) is 10.6 Å². The number of imidazole rings is 1. The summed E-state index contributed by atoms with van der Waals surface area (Å²) in [5.74, 6) is -2.08. The van der Waals surface area contributed by atoms with Crippen LogP contribution in [0.25, 0.3) is 16.7 Å². The van der Waals surface area contributed by atoms with E-state index in [4.69, 9.17) is 5.73 Å². The Kier molecular flexibility index (Phi) is 3.11. The summed E-state index contributed by atoms with van der Waals surface area (Å²) in [4.78, 5) is 4.01. The molecule has 3 aromatic rings. The molecule has 1 aromatic heterocycles. The Morgan fingerprint density at radius 3 is 2.71 bits per heavy atom. The Balaban J connectivity index is 2.46. The van der Waals surface area contributed by atoms with Crippen molar-refractivity contribution in [3.05, 3.63) is 52.0 Å². The molecule has 0 aliphatic carbocycles. The van der Waals surface area contributed by atoms with E-state index >= 15 is 0 Å². The van der Waals surface area contributed by atoms with E-state index in [9.17, 15) is 14.0 Å². The van der Waals surface area contributed by atoms with E-state index in [0.29, 0.717) is 10.2 Å². The smallest absolute Gasteiger partial charge is 0.206 e. The van der Waals surface area contributed by atoms with Crippen molar-refractivity contribution >= 4 is 32.9 Å². The zero-order chi connectivity index (χ0) is 15.1. The molecule has 0 bridgehead atoms. The molecule has 4 nitrogen and oxygen atoms in total. The molecular weight excluding hydrogens is 342 g/mol. The molecule has 104 valence electrons. The van der Waals surface area contributed by atoms with Crippen molar-refractivity contribution < 1.29 is 8.78 Å². The number of halogens is 3. The van der Waals surface area contributed by atoms with Crippen LogP contribution in [0, 0.1) is 23.0 Å². The van der Waals surface area contributed by atoms with Gasteiger partial charge in [-0.15, -0.1) is 0 Å². The van der Waals surface area contributed by atoms with Crippen LogP contribution in [0.4, 0.5) is 14.7 Å². The van der Waals surface area contributed by atoms with Crippen molar-refractivity contribution in [1.82, 2.24) is 9.55 Å². The molecule has 0 fully saturated rings. The van der Waals surface area contributed by atoms with Crippen molar-refractivity contribution in [1.29, 1.82) is 5.26 Å². The predicted molar refractivity (Wildman–Crippen MR) is 77.8 cm³/mol. The highest BCUT2D eigenvalue weighted by molar-refractivity contribution is 9.10. The molecule has 0 saturated carbocycles. The average Bonchev–Trinajstić information content (AvgIpc) is 2.80. The SMILES string of the molecule is N#Cc1ccc(Br)cc1-n1c(N)nc2ccc(F)c(F)c21. The number of anilines is 1. The first-order valence-corrected chi connectivity index (χ1v) is 6.64. The van der Waals surface area contributed by atoms with Gasteiger partial charge >= 0.3 is 0 Å². The van der Waals surface area contributed by atoms with Crippen LogP contribution in [-0.4, -0.2) is 9.55 Å². The molecular formula is C14H7BrF2N4. The van der Waals surface area contributed by atoms with Crippen LogP contribution >= 0.6 is 15.9 Å². The standard InChI is InChI=1S/C14H7BrF2N4/c15-8-2-1-7(6-18)11(5-8)21-13-10(20-14(21)19)4-3-9(16)12(13)17/h1-5H,(H2,19,20). The van der Waals surface area contributed by atoms with E-state index in [-0.39, 0.29) is 22.5 Å². The lowest BCUT2D eigenvalue weighted by Gasteiger charge is -2.09. The Hall–Kier alpha value is -2.46. The van der Waals surface area contributed by atoms with Crippen molar-refractivity contribution in [3.63, 3.8) is 0 Å². The first kappa shape index (κ1) is 13.5. The molecule has 0 aliphatic heterocycles. The maximum atomic E-state index is 14.1. The van der Waals surface area contributed by atoms with Gasteiger partial charge in [-0.05, 0) is 30.3 Å². The normalized spacial score (nSPS) is 10.8. The van der Waals surface area contributed by atoms with Gasteiger partial charge in [0.1, 0.15) is 11.6 Å². The van der Waals surface area contributed by atoms with Gasteiger partial charge in [-0.3, -0.25) is 4.57 Å². The fourth-order valence-corrected chi connectivity index (χ4v) is 2.50. The second-order valence-corrected chi connectivity index (χ2v) is 5.22. The Labute approximate surface area is 126 Å². The van der Waals surface area contributed by atoms with Gasteiger partial charge in [0.15, 0.2) is 11.6 Å². The summed E-state index contributed by atoms with van der Waals surface area (Å²) in [7, 11) is 0. The molecule has 1 heterocycles. The number of nitrogens with two attached hydrogens (primary N) is 1. The second-order valence-electron chi connectivity index (χ2n) is 4.31. The number of hydrogen-bond donors (Lipinski definition) is 1. The van der Waals surface area contributed by atoms with Crippen LogP contribution in [0.15, 0.2) is 34.8 Å². The lowest BCUT2D eigenvalue weighted by molar-refractivity contribution is 0.514. The molecule has 7 heteroatoms. The third-order valence-electron chi connectivity index (χ3n) is 3.06. The second kappa shape index (κ2) is 4.82. The summed E-state index contributed by atoms with van der Waals surface area (Å²) in [6.07, 6.45) is 0. The summed E-state index contributed by atoms with van der Waals surface area (Å²) < 4.78 is 29.5. The lowest BCUT2D eigenvalue weighted by Crippen LogP contribution is -2.04. The summed E-state index contributed by atoms with van der Waals surface area (Å²) in [5, 5.41) is 9.19. The van der Waals surface area contributed by atoms with Gasteiger partial charge in [-0.25, -0.2) is 13.8 Å². The first-order valence-electron chi connectivity index (χ1n) is 5.85. The number of aromatic nitrogens is 2. The number of fused-ring (bicyclic) bond motifs is 1. The molecule has 3 rings (SSSR count).